The van der Waals surface area contributed by atoms with Gasteiger partial charge < -0.3 is 9.84 Å². The number of allylic oxidation sites excluding steroid dienone is 1. The van der Waals surface area contributed by atoms with Gasteiger partial charge in [0, 0.05) is 12.3 Å². The number of halogens is 1. The van der Waals surface area contributed by atoms with Gasteiger partial charge in [-0.25, -0.2) is 0 Å². The average molecular weight is 291 g/mol. The maximum absolute atomic E-state index is 11.0. The summed E-state index contributed by atoms with van der Waals surface area (Å²) in [7, 11) is 0. The number of esters is 1. The van der Waals surface area contributed by atoms with Gasteiger partial charge in [-0.2, -0.15) is 0 Å². The summed E-state index contributed by atoms with van der Waals surface area (Å²) < 4.78 is 5.24. The van der Waals surface area contributed by atoms with Crippen LogP contribution in [-0.4, -0.2) is 28.1 Å². The fraction of sp³-hybridized carbons (Fsp3) is 0.750. The zero-order valence-corrected chi connectivity index (χ0v) is 11.6. The molecule has 0 saturated carbocycles. The normalized spacial score (nSPS) is 29.2. The molecule has 3 atom stereocenters. The lowest BCUT2D eigenvalue weighted by Gasteiger charge is -2.36. The first-order chi connectivity index (χ1) is 7.36. The maximum Gasteiger partial charge on any atom is 0.303 e. The van der Waals surface area contributed by atoms with Gasteiger partial charge in [0.1, 0.15) is 6.10 Å². The third-order valence-electron chi connectivity index (χ3n) is 3.19. The first-order valence-electron chi connectivity index (χ1n) is 5.49. The van der Waals surface area contributed by atoms with Gasteiger partial charge in [0.25, 0.3) is 0 Å². The molecular weight excluding hydrogens is 272 g/mol. The van der Waals surface area contributed by atoms with Gasteiger partial charge in [-0.3, -0.25) is 4.79 Å². The Hall–Kier alpha value is -0.350. The van der Waals surface area contributed by atoms with E-state index in [-0.39, 0.29) is 18.0 Å². The molecule has 0 saturated heterocycles. The molecule has 0 aromatic rings. The van der Waals surface area contributed by atoms with Crippen LogP contribution in [0.5, 0.6) is 0 Å². The summed E-state index contributed by atoms with van der Waals surface area (Å²) in [6.45, 7) is 5.19. The second-order valence-electron chi connectivity index (χ2n) is 4.71. The van der Waals surface area contributed by atoms with Crippen LogP contribution in [0.1, 0.15) is 33.6 Å². The van der Waals surface area contributed by atoms with Crippen LogP contribution >= 0.6 is 15.9 Å². The Morgan fingerprint density at radius 2 is 2.38 bits per heavy atom. The van der Waals surface area contributed by atoms with Crippen molar-refractivity contribution in [2.24, 2.45) is 5.92 Å². The van der Waals surface area contributed by atoms with Crippen molar-refractivity contribution < 1.29 is 14.6 Å². The third kappa shape index (κ3) is 3.32. The van der Waals surface area contributed by atoms with Gasteiger partial charge in [0.05, 0.1) is 5.60 Å². The number of alkyl halides is 1. The van der Waals surface area contributed by atoms with E-state index in [4.69, 9.17) is 4.74 Å². The first-order valence-corrected chi connectivity index (χ1v) is 6.61. The van der Waals surface area contributed by atoms with Crippen molar-refractivity contribution in [2.75, 3.05) is 5.33 Å². The van der Waals surface area contributed by atoms with E-state index in [9.17, 15) is 9.90 Å². The fourth-order valence-corrected chi connectivity index (χ4v) is 2.42. The van der Waals surface area contributed by atoms with E-state index < -0.39 is 5.60 Å². The predicted octanol–water partition coefficient (Wildman–Crippen LogP) is 2.42. The topological polar surface area (TPSA) is 46.5 Å². The number of carbonyl (C=O) groups excluding carboxylic acids is 1. The summed E-state index contributed by atoms with van der Waals surface area (Å²) in [5.41, 5.74) is 0.326. The smallest absolute Gasteiger partial charge is 0.303 e. The van der Waals surface area contributed by atoms with E-state index in [2.05, 4.69) is 22.0 Å². The molecule has 0 aromatic heterocycles. The molecule has 3 unspecified atom stereocenters. The number of rotatable bonds is 3. The largest absolute Gasteiger partial charge is 0.458 e. The number of hydrogen-bond acceptors (Lipinski definition) is 3. The monoisotopic (exact) mass is 290 g/mol. The Bertz CT molecular complexity index is 297. The molecule has 4 heteroatoms. The molecule has 0 amide bonds. The van der Waals surface area contributed by atoms with E-state index >= 15 is 0 Å². The quantitative estimate of drug-likeness (QED) is 0.493. The Labute approximate surface area is 105 Å². The van der Waals surface area contributed by atoms with Crippen LogP contribution in [0.25, 0.3) is 0 Å². The van der Waals surface area contributed by atoms with Crippen LogP contribution in [0.3, 0.4) is 0 Å². The van der Waals surface area contributed by atoms with Crippen molar-refractivity contribution in [1.82, 2.24) is 0 Å². The molecule has 1 aliphatic rings. The molecule has 3 nitrogen and oxygen atoms in total. The van der Waals surface area contributed by atoms with E-state index in [1.54, 1.807) is 0 Å². The zero-order chi connectivity index (χ0) is 12.3. The number of aliphatic hydroxyl groups is 1. The van der Waals surface area contributed by atoms with Crippen LogP contribution in [-0.2, 0) is 9.53 Å². The van der Waals surface area contributed by atoms with Gasteiger partial charge in [0.2, 0.25) is 0 Å². The van der Waals surface area contributed by atoms with E-state index in [1.807, 2.05) is 13.8 Å². The highest BCUT2D eigenvalue weighted by molar-refractivity contribution is 9.09. The van der Waals surface area contributed by atoms with E-state index in [0.717, 1.165) is 12.0 Å². The molecule has 0 aliphatic heterocycles. The van der Waals surface area contributed by atoms with Crippen molar-refractivity contribution in [3.8, 4) is 0 Å². The highest BCUT2D eigenvalue weighted by atomic mass is 79.9. The van der Waals surface area contributed by atoms with Crippen LogP contribution < -0.4 is 0 Å². The minimum Gasteiger partial charge on any atom is -0.458 e. The van der Waals surface area contributed by atoms with E-state index in [1.165, 1.54) is 6.92 Å². The molecule has 16 heavy (non-hydrogen) atoms. The Balaban J connectivity index is 2.73. The second kappa shape index (κ2) is 5.32. The molecule has 0 radical (unpaired) electrons. The van der Waals surface area contributed by atoms with Crippen LogP contribution in [0, 0.1) is 5.92 Å². The van der Waals surface area contributed by atoms with E-state index in [0.29, 0.717) is 11.8 Å². The average Bonchev–Trinajstić information content (AvgIpc) is 2.20. The number of carbonyl (C=O) groups is 1. The molecule has 0 fully saturated rings. The lowest BCUT2D eigenvalue weighted by Crippen LogP contribution is -2.40. The molecule has 92 valence electrons. The minimum absolute atomic E-state index is 0.125. The van der Waals surface area contributed by atoms with Crippen molar-refractivity contribution in [3.05, 3.63) is 11.6 Å². The highest BCUT2D eigenvalue weighted by Crippen LogP contribution is 2.34. The lowest BCUT2D eigenvalue weighted by atomic mass is 9.78. The fourth-order valence-electron chi connectivity index (χ4n) is 1.96. The predicted molar refractivity (Wildman–Crippen MR) is 66.5 cm³/mol. The Morgan fingerprint density at radius 3 is 2.88 bits per heavy atom. The molecule has 0 aromatic carbocycles. The van der Waals surface area contributed by atoms with Crippen LogP contribution in [0.4, 0.5) is 0 Å². The standard InChI is InChI=1S/C12H19BrO3/c1-8-4-5-10(12(3,15)7-13)6-11(8)16-9(2)14/h4,10-11,15H,5-7H2,1-3H3. The van der Waals surface area contributed by atoms with Gasteiger partial charge in [0.15, 0.2) is 0 Å². The summed E-state index contributed by atoms with van der Waals surface area (Å²) >= 11 is 3.31. The molecular formula is C12H19BrO3. The van der Waals surface area contributed by atoms with Crippen molar-refractivity contribution >= 4 is 21.9 Å². The van der Waals surface area contributed by atoms with Crippen molar-refractivity contribution in [3.63, 3.8) is 0 Å². The molecule has 1 rings (SSSR count). The van der Waals surface area contributed by atoms with Crippen LogP contribution in [0.15, 0.2) is 11.6 Å². The molecule has 0 heterocycles. The van der Waals surface area contributed by atoms with Crippen molar-refractivity contribution in [1.29, 1.82) is 0 Å². The highest BCUT2D eigenvalue weighted by Gasteiger charge is 2.35. The number of hydrogen-bond donors (Lipinski definition) is 1. The Morgan fingerprint density at radius 1 is 1.75 bits per heavy atom. The van der Waals surface area contributed by atoms with Gasteiger partial charge in [-0.15, -0.1) is 0 Å². The summed E-state index contributed by atoms with van der Waals surface area (Å²) in [6.07, 6.45) is 3.41. The van der Waals surface area contributed by atoms with Gasteiger partial charge in [-0.05, 0) is 38.2 Å². The van der Waals surface area contributed by atoms with Crippen LogP contribution in [0.2, 0.25) is 0 Å². The summed E-state index contributed by atoms with van der Waals surface area (Å²) in [4.78, 5) is 11.0. The number of ether oxygens (including phenoxy) is 1. The summed E-state index contributed by atoms with van der Waals surface area (Å²) in [5.74, 6) is -0.142. The first kappa shape index (κ1) is 13.7. The molecule has 0 bridgehead atoms. The minimum atomic E-state index is -0.754. The summed E-state index contributed by atoms with van der Waals surface area (Å²) in [6, 6.07) is 0. The van der Waals surface area contributed by atoms with Gasteiger partial charge >= 0.3 is 5.97 Å². The third-order valence-corrected chi connectivity index (χ3v) is 4.32. The van der Waals surface area contributed by atoms with Crippen molar-refractivity contribution in [2.45, 2.75) is 45.3 Å². The second-order valence-corrected chi connectivity index (χ2v) is 5.27. The molecule has 0 spiro atoms. The molecule has 1 N–H and O–H groups in total. The maximum atomic E-state index is 11.0. The lowest BCUT2D eigenvalue weighted by molar-refractivity contribution is -0.146. The van der Waals surface area contributed by atoms with Gasteiger partial charge in [-0.1, -0.05) is 22.0 Å². The zero-order valence-electron chi connectivity index (χ0n) is 10.00. The SMILES string of the molecule is CC(=O)OC1CC(C(C)(O)CBr)CC=C1C. The molecule has 1 aliphatic carbocycles. The summed E-state index contributed by atoms with van der Waals surface area (Å²) in [5, 5.41) is 10.7. The Kier molecular flexibility index (Phi) is 4.56.